The van der Waals surface area contributed by atoms with Crippen LogP contribution < -0.4 is 4.89 Å². The predicted molar refractivity (Wildman–Crippen MR) is 127 cm³/mol. The lowest BCUT2D eigenvalue weighted by atomic mass is 10.1. The second kappa shape index (κ2) is 19.7. The molecule has 0 aliphatic heterocycles. The summed E-state index contributed by atoms with van der Waals surface area (Å²) in [5, 5.41) is 0. The third-order valence-corrected chi connectivity index (χ3v) is 6.81. The highest BCUT2D eigenvalue weighted by Gasteiger charge is 2.17. The summed E-state index contributed by atoms with van der Waals surface area (Å²) in [5.74, 6) is 0. The van der Waals surface area contributed by atoms with Crippen LogP contribution in [-0.2, 0) is 13.6 Å². The van der Waals surface area contributed by atoms with Crippen molar-refractivity contribution in [3.63, 3.8) is 0 Å². The molecule has 0 spiro atoms. The maximum atomic E-state index is 11.9. The monoisotopic (exact) mass is 449 g/mol. The third-order valence-electron chi connectivity index (χ3n) is 5.81. The lowest BCUT2D eigenvalue weighted by Gasteiger charge is -2.31. The zero-order valence-electron chi connectivity index (χ0n) is 20.7. The van der Waals surface area contributed by atoms with E-state index < -0.39 is 7.82 Å². The van der Waals surface area contributed by atoms with Gasteiger partial charge in [0.1, 0.15) is 13.2 Å². The summed E-state index contributed by atoms with van der Waals surface area (Å²) < 4.78 is 22.8. The molecule has 0 aromatic heterocycles. The number of hydrogen-bond acceptors (Lipinski definition) is 4. The standard InChI is InChI=1S/C24H52NO4P/c1-5-7-9-11-13-14-15-16-18-20-23-28-30(26,27)29-24-22-25(3,4)21-19-17-12-10-8-6-2/h5-24H2,1-4H3. The van der Waals surface area contributed by atoms with Gasteiger partial charge in [-0.2, -0.15) is 0 Å². The summed E-state index contributed by atoms with van der Waals surface area (Å²) in [5.41, 5.74) is 0. The molecular formula is C24H52NO4P. The Kier molecular flexibility index (Phi) is 19.8. The van der Waals surface area contributed by atoms with Gasteiger partial charge in [-0.1, -0.05) is 97.3 Å². The van der Waals surface area contributed by atoms with E-state index in [-0.39, 0.29) is 13.2 Å². The summed E-state index contributed by atoms with van der Waals surface area (Å²) in [6.45, 7) is 6.65. The molecule has 30 heavy (non-hydrogen) atoms. The Morgan fingerprint density at radius 2 is 1.00 bits per heavy atom. The summed E-state index contributed by atoms with van der Waals surface area (Å²) in [6, 6.07) is 0. The zero-order chi connectivity index (χ0) is 22.6. The Bertz CT molecular complexity index is 418. The van der Waals surface area contributed by atoms with Gasteiger partial charge in [-0.3, -0.25) is 4.57 Å². The van der Waals surface area contributed by atoms with E-state index in [0.29, 0.717) is 6.54 Å². The smallest absolute Gasteiger partial charge is 0.268 e. The molecule has 0 saturated heterocycles. The number of quaternary nitrogens is 1. The topological polar surface area (TPSA) is 58.6 Å². The molecule has 0 N–H and O–H groups in total. The first-order chi connectivity index (χ1) is 14.3. The fraction of sp³-hybridized carbons (Fsp3) is 1.00. The van der Waals surface area contributed by atoms with Crippen molar-refractivity contribution in [2.75, 3.05) is 40.4 Å². The predicted octanol–water partition coefficient (Wildman–Crippen LogP) is 6.85. The normalized spacial score (nSPS) is 14.2. The minimum absolute atomic E-state index is 0.196. The van der Waals surface area contributed by atoms with Crippen LogP contribution in [0.15, 0.2) is 0 Å². The third kappa shape index (κ3) is 21.3. The van der Waals surface area contributed by atoms with Crippen molar-refractivity contribution in [2.45, 2.75) is 117 Å². The van der Waals surface area contributed by atoms with Gasteiger partial charge in [-0.15, -0.1) is 0 Å². The van der Waals surface area contributed by atoms with Crippen LogP contribution in [0.3, 0.4) is 0 Å². The zero-order valence-corrected chi connectivity index (χ0v) is 21.6. The number of rotatable bonds is 23. The highest BCUT2D eigenvalue weighted by Crippen LogP contribution is 2.38. The first kappa shape index (κ1) is 30.1. The molecule has 0 aromatic rings. The van der Waals surface area contributed by atoms with Crippen LogP contribution in [0, 0.1) is 0 Å². The molecule has 0 rings (SSSR count). The van der Waals surface area contributed by atoms with Gasteiger partial charge >= 0.3 is 0 Å². The van der Waals surface area contributed by atoms with Gasteiger partial charge in [-0.25, -0.2) is 0 Å². The van der Waals surface area contributed by atoms with Gasteiger partial charge in [0.25, 0.3) is 7.82 Å². The average molecular weight is 450 g/mol. The van der Waals surface area contributed by atoms with Crippen molar-refractivity contribution in [1.82, 2.24) is 0 Å². The lowest BCUT2D eigenvalue weighted by molar-refractivity contribution is -0.890. The molecule has 0 aliphatic carbocycles. The molecule has 0 fully saturated rings. The Balaban J connectivity index is 3.62. The van der Waals surface area contributed by atoms with E-state index in [9.17, 15) is 9.46 Å². The van der Waals surface area contributed by atoms with Gasteiger partial charge in [0.15, 0.2) is 0 Å². The van der Waals surface area contributed by atoms with Crippen LogP contribution in [0.2, 0.25) is 0 Å². The Morgan fingerprint density at radius 1 is 0.600 bits per heavy atom. The van der Waals surface area contributed by atoms with E-state index in [1.165, 1.54) is 83.5 Å². The molecule has 5 nitrogen and oxygen atoms in total. The van der Waals surface area contributed by atoms with Crippen LogP contribution in [0.5, 0.6) is 0 Å². The fourth-order valence-electron chi connectivity index (χ4n) is 3.63. The highest BCUT2D eigenvalue weighted by atomic mass is 31.2. The van der Waals surface area contributed by atoms with E-state index in [2.05, 4.69) is 27.9 Å². The first-order valence-corrected chi connectivity index (χ1v) is 14.2. The van der Waals surface area contributed by atoms with Crippen LogP contribution in [0.4, 0.5) is 0 Å². The molecule has 0 bridgehead atoms. The molecule has 0 heterocycles. The Hall–Kier alpha value is 0.0700. The largest absolute Gasteiger partial charge is 0.756 e. The minimum Gasteiger partial charge on any atom is -0.756 e. The van der Waals surface area contributed by atoms with Crippen molar-refractivity contribution in [3.8, 4) is 0 Å². The van der Waals surface area contributed by atoms with Crippen molar-refractivity contribution < 1.29 is 23.0 Å². The average Bonchev–Trinajstić information content (AvgIpc) is 2.68. The van der Waals surface area contributed by atoms with Crippen LogP contribution in [0.1, 0.15) is 117 Å². The molecule has 0 aromatic carbocycles. The Labute approximate surface area is 188 Å². The summed E-state index contributed by atoms with van der Waals surface area (Å²) in [7, 11) is 0.109. The van der Waals surface area contributed by atoms with Crippen LogP contribution >= 0.6 is 7.82 Å². The second-order valence-electron chi connectivity index (χ2n) is 9.45. The van der Waals surface area contributed by atoms with Crippen molar-refractivity contribution in [3.05, 3.63) is 0 Å². The van der Waals surface area contributed by atoms with Crippen molar-refractivity contribution in [2.24, 2.45) is 0 Å². The quantitative estimate of drug-likeness (QED) is 0.0972. The van der Waals surface area contributed by atoms with E-state index in [1.807, 2.05) is 0 Å². The molecule has 1 unspecified atom stereocenters. The summed E-state index contributed by atoms with van der Waals surface area (Å²) in [6.07, 6.45) is 19.8. The number of phosphoric acid groups is 1. The molecule has 0 radical (unpaired) electrons. The van der Waals surface area contributed by atoms with Gasteiger partial charge in [0, 0.05) is 0 Å². The van der Waals surface area contributed by atoms with Crippen LogP contribution in [0.25, 0.3) is 0 Å². The summed E-state index contributed by atoms with van der Waals surface area (Å²) in [4.78, 5) is 11.9. The second-order valence-corrected chi connectivity index (χ2v) is 10.9. The van der Waals surface area contributed by atoms with E-state index in [0.717, 1.165) is 30.3 Å². The number of nitrogens with zero attached hydrogens (tertiary/aromatic N) is 1. The molecular weight excluding hydrogens is 397 g/mol. The minimum atomic E-state index is -4.16. The first-order valence-electron chi connectivity index (χ1n) is 12.7. The molecule has 0 saturated carbocycles. The number of likely N-dealkylation sites (N-methyl/N-ethyl adjacent to an activating group) is 1. The summed E-state index contributed by atoms with van der Waals surface area (Å²) >= 11 is 0. The number of unbranched alkanes of at least 4 members (excludes halogenated alkanes) is 14. The van der Waals surface area contributed by atoms with Crippen molar-refractivity contribution in [1.29, 1.82) is 0 Å². The van der Waals surface area contributed by atoms with E-state index >= 15 is 0 Å². The van der Waals surface area contributed by atoms with Gasteiger partial charge < -0.3 is 18.4 Å². The highest BCUT2D eigenvalue weighted by molar-refractivity contribution is 7.45. The fourth-order valence-corrected chi connectivity index (χ4v) is 4.37. The molecule has 0 aliphatic rings. The van der Waals surface area contributed by atoms with Crippen molar-refractivity contribution >= 4 is 7.82 Å². The molecule has 1 atom stereocenters. The number of phosphoric ester groups is 1. The Morgan fingerprint density at radius 3 is 1.50 bits per heavy atom. The van der Waals surface area contributed by atoms with Gasteiger partial charge in [0.05, 0.1) is 27.2 Å². The van der Waals surface area contributed by atoms with Gasteiger partial charge in [-0.05, 0) is 19.3 Å². The maximum absolute atomic E-state index is 11.9. The molecule has 182 valence electrons. The maximum Gasteiger partial charge on any atom is 0.268 e. The van der Waals surface area contributed by atoms with E-state index in [1.54, 1.807) is 0 Å². The molecule has 6 heteroatoms. The van der Waals surface area contributed by atoms with Crippen LogP contribution in [-0.4, -0.2) is 44.9 Å². The van der Waals surface area contributed by atoms with E-state index in [4.69, 9.17) is 9.05 Å². The SMILES string of the molecule is CCCCCCCCCCCCOP(=O)([O-])OCC[N+](C)(C)CCCCCCCC. The lowest BCUT2D eigenvalue weighted by Crippen LogP contribution is -2.43. The molecule has 0 amide bonds. The van der Waals surface area contributed by atoms with Gasteiger partial charge in [0.2, 0.25) is 0 Å². The number of hydrogen-bond donors (Lipinski definition) is 0.